The summed E-state index contributed by atoms with van der Waals surface area (Å²) in [5.41, 5.74) is 10.3. The number of hydrogen-bond donors (Lipinski definition) is 1. The minimum absolute atomic E-state index is 0.790. The lowest BCUT2D eigenvalue weighted by molar-refractivity contribution is 0.965. The molecular weight excluding hydrogens is 234 g/mol. The van der Waals surface area contributed by atoms with E-state index in [1.807, 2.05) is 31.3 Å². The standard InChI is InChI=1S/C16H17N3/c1-18-11-16(12-7-3-5-9-14(12)18)19(2)15-10-6-4-8-13(15)17/h3-11H,17H2,1-2H3. The molecule has 0 aliphatic carbocycles. The van der Waals surface area contributed by atoms with Gasteiger partial charge in [-0.15, -0.1) is 0 Å². The van der Waals surface area contributed by atoms with Gasteiger partial charge in [-0.05, 0) is 18.2 Å². The number of nitrogens with two attached hydrogens (primary N) is 1. The number of nitrogen functional groups attached to an aromatic ring is 1. The molecule has 0 fully saturated rings. The maximum absolute atomic E-state index is 6.06. The van der Waals surface area contributed by atoms with Crippen LogP contribution in [0.15, 0.2) is 54.7 Å². The molecule has 0 atom stereocenters. The van der Waals surface area contributed by atoms with Crippen molar-refractivity contribution in [1.82, 2.24) is 4.57 Å². The Labute approximate surface area is 112 Å². The molecule has 1 heterocycles. The highest BCUT2D eigenvalue weighted by Crippen LogP contribution is 2.34. The van der Waals surface area contributed by atoms with Gasteiger partial charge in [-0.2, -0.15) is 0 Å². The van der Waals surface area contributed by atoms with Crippen LogP contribution in [-0.2, 0) is 7.05 Å². The van der Waals surface area contributed by atoms with Crippen molar-refractivity contribution in [2.75, 3.05) is 17.7 Å². The number of fused-ring (bicyclic) bond motifs is 1. The van der Waals surface area contributed by atoms with Crippen LogP contribution < -0.4 is 10.6 Å². The van der Waals surface area contributed by atoms with Gasteiger partial charge in [0.15, 0.2) is 0 Å². The molecule has 96 valence electrons. The fraction of sp³-hybridized carbons (Fsp3) is 0.125. The minimum Gasteiger partial charge on any atom is -0.397 e. The van der Waals surface area contributed by atoms with E-state index in [2.05, 4.69) is 47.0 Å². The third kappa shape index (κ3) is 1.83. The molecule has 2 aromatic carbocycles. The molecule has 0 spiro atoms. The van der Waals surface area contributed by atoms with Crippen molar-refractivity contribution >= 4 is 28.0 Å². The maximum Gasteiger partial charge on any atom is 0.0668 e. The Hall–Kier alpha value is -2.42. The second kappa shape index (κ2) is 4.35. The predicted octanol–water partition coefficient (Wildman–Crippen LogP) is 3.53. The molecule has 0 aliphatic rings. The first kappa shape index (κ1) is 11.7. The van der Waals surface area contributed by atoms with Gasteiger partial charge in [0.05, 0.1) is 17.1 Å². The molecule has 3 nitrogen and oxygen atoms in total. The highest BCUT2D eigenvalue weighted by atomic mass is 15.1. The smallest absolute Gasteiger partial charge is 0.0668 e. The van der Waals surface area contributed by atoms with Crippen molar-refractivity contribution in [2.24, 2.45) is 7.05 Å². The van der Waals surface area contributed by atoms with Crippen molar-refractivity contribution in [3.05, 3.63) is 54.7 Å². The van der Waals surface area contributed by atoms with Gasteiger partial charge >= 0.3 is 0 Å². The molecule has 0 saturated carbocycles. The molecule has 3 heteroatoms. The van der Waals surface area contributed by atoms with Crippen molar-refractivity contribution in [3.63, 3.8) is 0 Å². The normalized spacial score (nSPS) is 10.8. The zero-order valence-corrected chi connectivity index (χ0v) is 11.2. The van der Waals surface area contributed by atoms with Gasteiger partial charge in [-0.1, -0.05) is 30.3 Å². The van der Waals surface area contributed by atoms with Gasteiger partial charge in [0.25, 0.3) is 0 Å². The highest BCUT2D eigenvalue weighted by molar-refractivity contribution is 5.96. The first-order valence-corrected chi connectivity index (χ1v) is 6.31. The molecule has 0 aliphatic heterocycles. The number of aryl methyl sites for hydroxylation is 1. The summed E-state index contributed by atoms with van der Waals surface area (Å²) in [4.78, 5) is 2.14. The van der Waals surface area contributed by atoms with Gasteiger partial charge < -0.3 is 15.2 Å². The Morgan fingerprint density at radius 3 is 2.42 bits per heavy atom. The topological polar surface area (TPSA) is 34.2 Å². The van der Waals surface area contributed by atoms with E-state index in [0.717, 1.165) is 17.1 Å². The minimum atomic E-state index is 0.790. The molecule has 0 radical (unpaired) electrons. The summed E-state index contributed by atoms with van der Waals surface area (Å²) >= 11 is 0. The number of benzene rings is 2. The van der Waals surface area contributed by atoms with E-state index in [0.29, 0.717) is 0 Å². The quantitative estimate of drug-likeness (QED) is 0.707. The third-order valence-corrected chi connectivity index (χ3v) is 3.54. The Balaban J connectivity index is 2.17. The number of anilines is 3. The summed E-state index contributed by atoms with van der Waals surface area (Å²) in [6.07, 6.45) is 2.14. The lowest BCUT2D eigenvalue weighted by Gasteiger charge is -2.20. The number of rotatable bonds is 2. The first-order valence-electron chi connectivity index (χ1n) is 6.31. The van der Waals surface area contributed by atoms with Crippen LogP contribution in [0.2, 0.25) is 0 Å². The average molecular weight is 251 g/mol. The van der Waals surface area contributed by atoms with Crippen molar-refractivity contribution < 1.29 is 0 Å². The van der Waals surface area contributed by atoms with Gasteiger partial charge in [0.1, 0.15) is 0 Å². The molecule has 0 bridgehead atoms. The lowest BCUT2D eigenvalue weighted by Crippen LogP contribution is -2.11. The summed E-state index contributed by atoms with van der Waals surface area (Å²) in [6, 6.07) is 16.3. The maximum atomic E-state index is 6.06. The van der Waals surface area contributed by atoms with E-state index < -0.39 is 0 Å². The molecule has 0 amide bonds. The number of nitrogens with zero attached hydrogens (tertiary/aromatic N) is 2. The van der Waals surface area contributed by atoms with E-state index in [9.17, 15) is 0 Å². The highest BCUT2D eigenvalue weighted by Gasteiger charge is 2.12. The Kier molecular flexibility index (Phi) is 2.67. The second-order valence-electron chi connectivity index (χ2n) is 4.76. The zero-order valence-electron chi connectivity index (χ0n) is 11.2. The Morgan fingerprint density at radius 1 is 0.947 bits per heavy atom. The molecule has 19 heavy (non-hydrogen) atoms. The van der Waals surface area contributed by atoms with Crippen molar-refractivity contribution in [1.29, 1.82) is 0 Å². The zero-order chi connectivity index (χ0) is 13.4. The van der Waals surface area contributed by atoms with Crippen LogP contribution in [0, 0.1) is 0 Å². The molecule has 0 saturated heterocycles. The van der Waals surface area contributed by atoms with Gasteiger partial charge in [-0.3, -0.25) is 0 Å². The molecule has 3 rings (SSSR count). The van der Waals surface area contributed by atoms with E-state index in [1.54, 1.807) is 0 Å². The fourth-order valence-corrected chi connectivity index (χ4v) is 2.51. The second-order valence-corrected chi connectivity index (χ2v) is 4.76. The Morgan fingerprint density at radius 2 is 1.63 bits per heavy atom. The van der Waals surface area contributed by atoms with Crippen LogP contribution >= 0.6 is 0 Å². The largest absolute Gasteiger partial charge is 0.397 e. The van der Waals surface area contributed by atoms with Crippen LogP contribution in [0.5, 0.6) is 0 Å². The summed E-state index contributed by atoms with van der Waals surface area (Å²) < 4.78 is 2.14. The SMILES string of the molecule is CN(c1ccccc1N)c1cn(C)c2ccccc12. The van der Waals surface area contributed by atoms with E-state index >= 15 is 0 Å². The summed E-state index contributed by atoms with van der Waals surface area (Å²) in [5.74, 6) is 0. The lowest BCUT2D eigenvalue weighted by atomic mass is 10.2. The molecule has 3 aromatic rings. The van der Waals surface area contributed by atoms with Crippen LogP contribution in [0.3, 0.4) is 0 Å². The fourth-order valence-electron chi connectivity index (χ4n) is 2.51. The third-order valence-electron chi connectivity index (χ3n) is 3.54. The first-order chi connectivity index (χ1) is 9.18. The van der Waals surface area contributed by atoms with Gasteiger partial charge in [-0.25, -0.2) is 0 Å². The monoisotopic (exact) mass is 251 g/mol. The van der Waals surface area contributed by atoms with Crippen molar-refractivity contribution in [2.45, 2.75) is 0 Å². The number of hydrogen-bond acceptors (Lipinski definition) is 2. The van der Waals surface area contributed by atoms with Crippen LogP contribution in [0.25, 0.3) is 10.9 Å². The van der Waals surface area contributed by atoms with Gasteiger partial charge in [0, 0.05) is 31.2 Å². The predicted molar refractivity (Wildman–Crippen MR) is 81.8 cm³/mol. The average Bonchev–Trinajstić information content (AvgIpc) is 2.77. The molecular formula is C16H17N3. The summed E-state index contributed by atoms with van der Waals surface area (Å²) in [7, 11) is 4.11. The van der Waals surface area contributed by atoms with Gasteiger partial charge in [0.2, 0.25) is 0 Å². The van der Waals surface area contributed by atoms with E-state index in [1.165, 1.54) is 10.9 Å². The van der Waals surface area contributed by atoms with E-state index in [-0.39, 0.29) is 0 Å². The molecule has 2 N–H and O–H groups in total. The summed E-state index contributed by atoms with van der Waals surface area (Å²) in [5, 5.41) is 1.23. The van der Waals surface area contributed by atoms with Crippen LogP contribution in [-0.4, -0.2) is 11.6 Å². The van der Waals surface area contributed by atoms with E-state index in [4.69, 9.17) is 5.73 Å². The van der Waals surface area contributed by atoms with Crippen LogP contribution in [0.4, 0.5) is 17.1 Å². The molecule has 1 aromatic heterocycles. The number of para-hydroxylation sites is 3. The van der Waals surface area contributed by atoms with Crippen LogP contribution in [0.1, 0.15) is 0 Å². The summed E-state index contributed by atoms with van der Waals surface area (Å²) in [6.45, 7) is 0. The Bertz CT molecular complexity index is 728. The van der Waals surface area contributed by atoms with Crippen molar-refractivity contribution in [3.8, 4) is 0 Å². The number of aromatic nitrogens is 1. The molecule has 0 unspecified atom stereocenters.